The number of ether oxygens (including phenoxy) is 1. The summed E-state index contributed by atoms with van der Waals surface area (Å²) >= 11 is 0. The molecule has 0 aliphatic carbocycles. The van der Waals surface area contributed by atoms with Gasteiger partial charge in [-0.2, -0.15) is 5.10 Å². The molecule has 4 aromatic rings. The van der Waals surface area contributed by atoms with Crippen LogP contribution in [0.15, 0.2) is 48.8 Å². The molecule has 4 N–H and O–H groups in total. The molecule has 3 amide bonds. The number of anilines is 1. The van der Waals surface area contributed by atoms with E-state index < -0.39 is 5.91 Å². The lowest BCUT2D eigenvalue weighted by molar-refractivity contribution is -0.116. The van der Waals surface area contributed by atoms with E-state index in [-0.39, 0.29) is 23.4 Å². The maximum absolute atomic E-state index is 13.3. The number of rotatable bonds is 11. The highest BCUT2D eigenvalue weighted by Gasteiger charge is 2.29. The molecule has 4 heterocycles. The minimum absolute atomic E-state index is 0.124. The molecule has 0 spiro atoms. The van der Waals surface area contributed by atoms with Crippen molar-refractivity contribution in [3.8, 4) is 5.75 Å². The van der Waals surface area contributed by atoms with Crippen LogP contribution >= 0.6 is 0 Å². The zero-order valence-corrected chi connectivity index (χ0v) is 23.0. The Morgan fingerprint density at radius 3 is 2.83 bits per heavy atom. The third kappa shape index (κ3) is 6.11. The van der Waals surface area contributed by atoms with Crippen molar-refractivity contribution < 1.29 is 19.1 Å². The molecular weight excluding hydrogens is 524 g/mol. The average Bonchev–Trinajstić information content (AvgIpc) is 3.54. The second-order valence-electron chi connectivity index (χ2n) is 9.82. The molecule has 12 nitrogen and oxygen atoms in total. The molecule has 0 radical (unpaired) electrons. The van der Waals surface area contributed by atoms with Crippen LogP contribution in [0.3, 0.4) is 0 Å². The number of unbranched alkanes of at least 4 members (excludes halogenated alkanes) is 1. The van der Waals surface area contributed by atoms with Crippen LogP contribution in [-0.2, 0) is 11.3 Å². The molecule has 1 atom stereocenters. The average molecular weight is 557 g/mol. The molecule has 41 heavy (non-hydrogen) atoms. The van der Waals surface area contributed by atoms with E-state index in [1.54, 1.807) is 41.4 Å². The largest absolute Gasteiger partial charge is 0.489 e. The lowest BCUT2D eigenvalue weighted by Gasteiger charge is -2.27. The predicted octanol–water partition coefficient (Wildman–Crippen LogP) is 3.24. The molecule has 1 aliphatic rings. The van der Waals surface area contributed by atoms with Gasteiger partial charge in [-0.15, -0.1) is 0 Å². The SMILES string of the molecule is CCn1nc(C)cc1C(=O)Nc1nc2cc(C(N)=O)cc3c2n1C(CCCCNC(=O)C=Cc1cccnc1)CO3. The smallest absolute Gasteiger partial charge is 0.276 e. The Labute approximate surface area is 236 Å². The van der Waals surface area contributed by atoms with Crippen molar-refractivity contribution in [1.82, 2.24) is 29.6 Å². The molecule has 5 rings (SSSR count). The summed E-state index contributed by atoms with van der Waals surface area (Å²) in [6, 6.07) is 8.51. The number of imidazole rings is 1. The summed E-state index contributed by atoms with van der Waals surface area (Å²) in [5.41, 5.74) is 9.03. The Hall–Kier alpha value is -5.00. The Morgan fingerprint density at radius 2 is 2.07 bits per heavy atom. The van der Waals surface area contributed by atoms with Gasteiger partial charge in [0.2, 0.25) is 17.8 Å². The number of benzene rings is 1. The normalized spacial score (nSPS) is 14.2. The predicted molar refractivity (Wildman–Crippen MR) is 154 cm³/mol. The number of nitrogens with zero attached hydrogens (tertiary/aromatic N) is 5. The topological polar surface area (TPSA) is 159 Å². The van der Waals surface area contributed by atoms with Gasteiger partial charge in [0.15, 0.2) is 0 Å². The van der Waals surface area contributed by atoms with E-state index in [1.807, 2.05) is 30.5 Å². The Bertz CT molecular complexity index is 1620. The minimum atomic E-state index is -0.589. The molecular formula is C29H32N8O4. The van der Waals surface area contributed by atoms with E-state index in [0.29, 0.717) is 48.1 Å². The van der Waals surface area contributed by atoms with E-state index in [4.69, 9.17) is 10.5 Å². The number of primary amides is 1. The summed E-state index contributed by atoms with van der Waals surface area (Å²) in [5, 5.41) is 10.2. The zero-order chi connectivity index (χ0) is 28.9. The van der Waals surface area contributed by atoms with Crippen molar-refractivity contribution in [2.24, 2.45) is 5.73 Å². The maximum Gasteiger partial charge on any atom is 0.276 e. The van der Waals surface area contributed by atoms with Crippen LogP contribution in [0.5, 0.6) is 5.75 Å². The van der Waals surface area contributed by atoms with Gasteiger partial charge in [0.1, 0.15) is 23.6 Å². The molecule has 0 saturated heterocycles. The van der Waals surface area contributed by atoms with Crippen LogP contribution in [0, 0.1) is 6.92 Å². The van der Waals surface area contributed by atoms with Crippen molar-refractivity contribution in [3.63, 3.8) is 0 Å². The number of aryl methyl sites for hydroxylation is 2. The van der Waals surface area contributed by atoms with Gasteiger partial charge in [-0.25, -0.2) is 4.98 Å². The van der Waals surface area contributed by atoms with Crippen molar-refractivity contribution in [2.45, 2.75) is 45.7 Å². The van der Waals surface area contributed by atoms with Gasteiger partial charge >= 0.3 is 0 Å². The highest BCUT2D eigenvalue weighted by Crippen LogP contribution is 2.38. The number of carbonyl (C=O) groups is 3. The molecule has 0 bridgehead atoms. The van der Waals surface area contributed by atoms with E-state index in [1.165, 1.54) is 6.08 Å². The highest BCUT2D eigenvalue weighted by atomic mass is 16.5. The molecule has 3 aromatic heterocycles. The fraction of sp³-hybridized carbons (Fsp3) is 0.310. The number of hydrogen-bond acceptors (Lipinski definition) is 7. The molecule has 212 valence electrons. The monoisotopic (exact) mass is 556 g/mol. The van der Waals surface area contributed by atoms with Crippen LogP contribution < -0.4 is 21.1 Å². The first-order chi connectivity index (χ1) is 19.8. The molecule has 1 aromatic carbocycles. The number of hydrogen-bond donors (Lipinski definition) is 3. The highest BCUT2D eigenvalue weighted by molar-refractivity contribution is 6.04. The first kappa shape index (κ1) is 27.6. The lowest BCUT2D eigenvalue weighted by Crippen LogP contribution is -2.26. The van der Waals surface area contributed by atoms with Gasteiger partial charge in [0.05, 0.1) is 17.3 Å². The minimum Gasteiger partial charge on any atom is -0.489 e. The first-order valence-electron chi connectivity index (χ1n) is 13.5. The summed E-state index contributed by atoms with van der Waals surface area (Å²) in [6.07, 6.45) is 8.85. The second kappa shape index (κ2) is 12.0. The van der Waals surface area contributed by atoms with Crippen molar-refractivity contribution in [3.05, 3.63) is 71.3 Å². The maximum atomic E-state index is 13.3. The lowest BCUT2D eigenvalue weighted by atomic mass is 10.1. The Balaban J connectivity index is 1.29. The number of nitrogens with one attached hydrogen (secondary N) is 2. The van der Waals surface area contributed by atoms with Crippen LogP contribution in [0.1, 0.15) is 64.3 Å². The van der Waals surface area contributed by atoms with Crippen molar-refractivity contribution >= 4 is 40.8 Å². The molecule has 1 aliphatic heterocycles. The number of nitrogens with two attached hydrogens (primary N) is 1. The molecule has 0 saturated carbocycles. The van der Waals surface area contributed by atoms with E-state index >= 15 is 0 Å². The van der Waals surface area contributed by atoms with Gasteiger partial charge in [0.25, 0.3) is 5.91 Å². The molecule has 12 heteroatoms. The quantitative estimate of drug-likeness (QED) is 0.189. The second-order valence-corrected chi connectivity index (χ2v) is 9.82. The Morgan fingerprint density at radius 1 is 1.22 bits per heavy atom. The van der Waals surface area contributed by atoms with Gasteiger partial charge in [0, 0.05) is 37.1 Å². The summed E-state index contributed by atoms with van der Waals surface area (Å²) in [4.78, 5) is 46.0. The summed E-state index contributed by atoms with van der Waals surface area (Å²) in [6.45, 7) is 5.15. The Kier molecular flexibility index (Phi) is 8.09. The molecule has 1 unspecified atom stereocenters. The summed E-state index contributed by atoms with van der Waals surface area (Å²) < 4.78 is 9.64. The molecule has 0 fully saturated rings. The van der Waals surface area contributed by atoms with Crippen LogP contribution in [0.25, 0.3) is 17.1 Å². The number of aromatic nitrogens is 5. The van der Waals surface area contributed by atoms with Crippen LogP contribution in [-0.4, -0.2) is 55.2 Å². The number of carbonyl (C=O) groups excluding carboxylic acids is 3. The third-order valence-corrected chi connectivity index (χ3v) is 6.87. The van der Waals surface area contributed by atoms with E-state index in [0.717, 1.165) is 30.5 Å². The standard InChI is InChI=1S/C29H32N8O4/c1-3-36-23(13-18(2)35-36)28(40)34-29-33-22-14-20(27(30)39)15-24-26(22)37(29)21(17-41-24)8-4-5-12-32-25(38)10-9-19-7-6-11-31-16-19/h6-7,9-11,13-16,21H,3-5,8,12,17H2,1-2H3,(H2,30,39)(H,32,38)(H,33,34,40). The first-order valence-corrected chi connectivity index (χ1v) is 13.5. The van der Waals surface area contributed by atoms with Crippen molar-refractivity contribution in [1.29, 1.82) is 0 Å². The van der Waals surface area contributed by atoms with Gasteiger partial charge in [-0.05, 0) is 69.0 Å². The number of pyridine rings is 1. The van der Waals surface area contributed by atoms with Gasteiger partial charge in [-0.1, -0.05) is 6.07 Å². The van der Waals surface area contributed by atoms with Crippen LogP contribution in [0.4, 0.5) is 5.95 Å². The fourth-order valence-electron chi connectivity index (χ4n) is 4.92. The van der Waals surface area contributed by atoms with Gasteiger partial charge < -0.3 is 20.4 Å². The number of amides is 3. The summed E-state index contributed by atoms with van der Waals surface area (Å²) in [5.74, 6) is -0.243. The van der Waals surface area contributed by atoms with E-state index in [9.17, 15) is 14.4 Å². The third-order valence-electron chi connectivity index (χ3n) is 6.87. The van der Waals surface area contributed by atoms with Crippen LogP contribution in [0.2, 0.25) is 0 Å². The van der Waals surface area contributed by atoms with Crippen molar-refractivity contribution in [2.75, 3.05) is 18.5 Å². The summed E-state index contributed by atoms with van der Waals surface area (Å²) in [7, 11) is 0. The fourth-order valence-corrected chi connectivity index (χ4v) is 4.92. The van der Waals surface area contributed by atoms with Gasteiger partial charge in [-0.3, -0.25) is 29.4 Å². The zero-order valence-electron chi connectivity index (χ0n) is 23.0. The van der Waals surface area contributed by atoms with E-state index in [2.05, 4.69) is 25.7 Å².